The fourth-order valence-corrected chi connectivity index (χ4v) is 6.07. The van der Waals surface area contributed by atoms with E-state index in [1.807, 2.05) is 42.2 Å². The number of amides is 2. The van der Waals surface area contributed by atoms with Crippen LogP contribution in [0.1, 0.15) is 5.69 Å². The molecule has 2 aliphatic rings. The average Bonchev–Trinajstić information content (AvgIpc) is 3.26. The van der Waals surface area contributed by atoms with Crippen LogP contribution in [0.4, 0.5) is 5.13 Å². The van der Waals surface area contributed by atoms with E-state index in [-0.39, 0.29) is 22.2 Å². The van der Waals surface area contributed by atoms with Crippen molar-refractivity contribution in [2.45, 2.75) is 16.3 Å². The van der Waals surface area contributed by atoms with Gasteiger partial charge in [0.25, 0.3) is 11.8 Å². The summed E-state index contributed by atoms with van der Waals surface area (Å²) in [6, 6.07) is 3.02. The molecule has 182 valence electrons. The molecule has 2 atom stereocenters. The van der Waals surface area contributed by atoms with Gasteiger partial charge >= 0.3 is 5.97 Å². The summed E-state index contributed by atoms with van der Waals surface area (Å²) < 4.78 is 1.94. The number of thioether (sulfide) groups is 2. The number of carbonyl (C=O) groups excluding carboxylic acids is 2. The van der Waals surface area contributed by atoms with E-state index in [1.165, 1.54) is 22.0 Å². The second-order valence-corrected chi connectivity index (χ2v) is 10.6. The summed E-state index contributed by atoms with van der Waals surface area (Å²) >= 11 is 4.02. The second-order valence-electron chi connectivity index (χ2n) is 7.47. The highest BCUT2D eigenvalue weighted by atomic mass is 32.2. The Bertz CT molecular complexity index is 1260. The second kappa shape index (κ2) is 10.5. The van der Waals surface area contributed by atoms with Crippen molar-refractivity contribution in [1.82, 2.24) is 15.2 Å². The molecule has 0 radical (unpaired) electrons. The highest BCUT2D eigenvalue weighted by Gasteiger charge is 2.54. The van der Waals surface area contributed by atoms with Crippen LogP contribution in [0, 0.1) is 0 Å². The number of carboxylic acid groups (broad SMARTS) is 1. The van der Waals surface area contributed by atoms with Crippen molar-refractivity contribution < 1.29 is 29.3 Å². The first kappa shape index (κ1) is 24.8. The van der Waals surface area contributed by atoms with Crippen molar-refractivity contribution in [3.05, 3.63) is 59.0 Å². The maximum atomic E-state index is 12.8. The first-order valence-corrected chi connectivity index (χ1v) is 13.1. The lowest BCUT2D eigenvalue weighted by Crippen LogP contribution is -2.71. The number of anilines is 1. The monoisotopic (exact) mass is 533 g/mol. The van der Waals surface area contributed by atoms with Crippen molar-refractivity contribution in [1.29, 1.82) is 0 Å². The predicted octanol–water partition coefficient (Wildman–Crippen LogP) is 0.815. The van der Waals surface area contributed by atoms with E-state index in [0.29, 0.717) is 17.1 Å². The molecule has 0 spiro atoms. The first-order valence-electron chi connectivity index (χ1n) is 10.2. The number of carbonyl (C=O) groups is 3. The number of allylic oxidation sites excluding steroid dienone is 1. The van der Waals surface area contributed by atoms with Crippen molar-refractivity contribution in [3.8, 4) is 0 Å². The third kappa shape index (κ3) is 5.18. The van der Waals surface area contributed by atoms with Crippen LogP contribution in [0.15, 0.2) is 63.4 Å². The molecule has 4 rings (SSSR count). The van der Waals surface area contributed by atoms with E-state index in [4.69, 9.17) is 5.73 Å². The maximum absolute atomic E-state index is 12.8. The molecule has 11 nitrogen and oxygen atoms in total. The minimum atomic E-state index is -1.22. The third-order valence-corrected chi connectivity index (χ3v) is 8.12. The van der Waals surface area contributed by atoms with Gasteiger partial charge in [-0.2, -0.15) is 0 Å². The lowest BCUT2D eigenvalue weighted by atomic mass is 10.0. The normalized spacial score (nSPS) is 20.1. The molecular weight excluding hydrogens is 512 g/mol. The van der Waals surface area contributed by atoms with E-state index in [0.717, 1.165) is 16.2 Å². The van der Waals surface area contributed by atoms with E-state index >= 15 is 0 Å². The number of thiazole rings is 1. The number of hydrogen-bond acceptors (Lipinski definition) is 10. The van der Waals surface area contributed by atoms with Crippen LogP contribution in [0.25, 0.3) is 0 Å². The van der Waals surface area contributed by atoms with Gasteiger partial charge in [-0.05, 0) is 5.57 Å². The average molecular weight is 534 g/mol. The number of aromatic nitrogens is 2. The van der Waals surface area contributed by atoms with Gasteiger partial charge in [0, 0.05) is 33.9 Å². The van der Waals surface area contributed by atoms with Gasteiger partial charge in [0.05, 0.1) is 0 Å². The number of oxime groups is 1. The van der Waals surface area contributed by atoms with Crippen LogP contribution < -0.4 is 15.6 Å². The summed E-state index contributed by atoms with van der Waals surface area (Å²) in [5.74, 6) is -1.59. The van der Waals surface area contributed by atoms with Crippen molar-refractivity contribution in [3.63, 3.8) is 0 Å². The fourth-order valence-electron chi connectivity index (χ4n) is 3.51. The Morgan fingerprint density at radius 3 is 2.80 bits per heavy atom. The zero-order chi connectivity index (χ0) is 25.1. The fraction of sp³-hybridized carbons (Fsp3) is 0.238. The molecule has 0 unspecified atom stereocenters. The van der Waals surface area contributed by atoms with E-state index in [9.17, 15) is 24.7 Å². The van der Waals surface area contributed by atoms with Gasteiger partial charge < -0.3 is 21.4 Å². The number of fused-ring (bicyclic) bond motifs is 1. The van der Waals surface area contributed by atoms with Gasteiger partial charge in [0.1, 0.15) is 29.9 Å². The highest BCUT2D eigenvalue weighted by Crippen LogP contribution is 2.40. The summed E-state index contributed by atoms with van der Waals surface area (Å²) in [5, 5.41) is 25.6. The van der Waals surface area contributed by atoms with Gasteiger partial charge in [-0.15, -0.1) is 34.9 Å². The van der Waals surface area contributed by atoms with E-state index in [1.54, 1.807) is 17.8 Å². The molecule has 2 aliphatic heterocycles. The Morgan fingerprint density at radius 1 is 1.43 bits per heavy atom. The minimum Gasteiger partial charge on any atom is -0.477 e. The SMILES string of the molecule is C[n+]1ccc(SC/C=C/C2=C(C(=O)O)N3C(=O)[C@@H](NC(=O)/C(=N\O)c4csc(N)n4)[C@@H]3SC2)cc1. The van der Waals surface area contributed by atoms with Gasteiger partial charge in [-0.25, -0.2) is 14.3 Å². The molecule has 0 aromatic carbocycles. The topological polar surface area (TPSA) is 162 Å². The van der Waals surface area contributed by atoms with E-state index < -0.39 is 29.2 Å². The lowest BCUT2D eigenvalue weighted by molar-refractivity contribution is -0.671. The highest BCUT2D eigenvalue weighted by molar-refractivity contribution is 8.00. The Morgan fingerprint density at radius 2 is 2.17 bits per heavy atom. The van der Waals surface area contributed by atoms with E-state index in [2.05, 4.69) is 15.5 Å². The molecule has 35 heavy (non-hydrogen) atoms. The first-order chi connectivity index (χ1) is 16.8. The smallest absolute Gasteiger partial charge is 0.352 e. The molecule has 0 saturated carbocycles. The zero-order valence-corrected chi connectivity index (χ0v) is 20.8. The molecule has 0 aliphatic carbocycles. The molecule has 2 amide bonds. The molecule has 1 fully saturated rings. The van der Waals surface area contributed by atoms with Gasteiger partial charge in [-0.3, -0.25) is 14.5 Å². The van der Waals surface area contributed by atoms with Gasteiger partial charge in [-0.1, -0.05) is 17.3 Å². The summed E-state index contributed by atoms with van der Waals surface area (Å²) in [4.78, 5) is 43.6. The number of nitrogen functional groups attached to an aromatic ring is 1. The summed E-state index contributed by atoms with van der Waals surface area (Å²) in [6.45, 7) is 0. The van der Waals surface area contributed by atoms with Crippen molar-refractivity contribution in [2.75, 3.05) is 17.2 Å². The van der Waals surface area contributed by atoms with Gasteiger partial charge in [0.2, 0.25) is 0 Å². The number of rotatable bonds is 8. The minimum absolute atomic E-state index is 0.0771. The van der Waals surface area contributed by atoms with Crippen LogP contribution in [-0.4, -0.2) is 66.6 Å². The quantitative estimate of drug-likeness (QED) is 0.0961. The maximum Gasteiger partial charge on any atom is 0.352 e. The predicted molar refractivity (Wildman–Crippen MR) is 132 cm³/mol. The molecule has 0 bridgehead atoms. The largest absolute Gasteiger partial charge is 0.477 e. The number of nitrogens with two attached hydrogens (primary N) is 1. The van der Waals surface area contributed by atoms with Crippen molar-refractivity contribution >= 4 is 63.5 Å². The van der Waals surface area contributed by atoms with Crippen LogP contribution in [-0.2, 0) is 21.4 Å². The molecule has 5 N–H and O–H groups in total. The van der Waals surface area contributed by atoms with Crippen LogP contribution in [0.5, 0.6) is 0 Å². The number of nitrogens with one attached hydrogen (secondary N) is 1. The summed E-state index contributed by atoms with van der Waals surface area (Å²) in [6.07, 6.45) is 7.48. The Hall–Kier alpha value is -3.36. The number of pyridine rings is 1. The number of nitrogens with zero attached hydrogens (tertiary/aromatic N) is 4. The summed E-state index contributed by atoms with van der Waals surface area (Å²) in [5.41, 5.74) is 5.68. The van der Waals surface area contributed by atoms with Crippen LogP contribution in [0.2, 0.25) is 0 Å². The molecule has 1 saturated heterocycles. The van der Waals surface area contributed by atoms with Crippen molar-refractivity contribution in [2.24, 2.45) is 12.2 Å². The number of aryl methyl sites for hydroxylation is 1. The third-order valence-electron chi connectivity index (χ3n) is 5.18. The molecule has 14 heteroatoms. The molecular formula is C21H21N6O5S3+. The molecule has 2 aromatic heterocycles. The standard InChI is InChI=1S/C21H20N6O5S3/c1-26-6-4-12(5-7-26)33-8-2-3-11-9-34-19-15(18(29)27(19)16(11)20(30)31)24-17(28)14(25-32)13-10-35-21(22)23-13/h2-7,10,15,19H,8-9H2,1H3,(H4-,22,23,24,28,30,31,32)/p+1/b3-2+/t15-,19+/m1/s1. The Balaban J connectivity index is 1.43. The number of β-lactam (4-membered cyclic amide) rings is 1. The van der Waals surface area contributed by atoms with Crippen LogP contribution in [0.3, 0.4) is 0 Å². The van der Waals surface area contributed by atoms with Crippen LogP contribution >= 0.6 is 34.9 Å². The van der Waals surface area contributed by atoms with Gasteiger partial charge in [0.15, 0.2) is 23.2 Å². The number of carboxylic acids is 1. The Kier molecular flexibility index (Phi) is 7.42. The number of hydrogen-bond donors (Lipinski definition) is 4. The molecule has 2 aromatic rings. The lowest BCUT2D eigenvalue weighted by Gasteiger charge is -2.49. The number of aliphatic carboxylic acids is 1. The summed E-state index contributed by atoms with van der Waals surface area (Å²) in [7, 11) is 1.94. The zero-order valence-electron chi connectivity index (χ0n) is 18.3. The molecule has 4 heterocycles. The Labute approximate surface area is 212 Å².